The number of hydrogen-bond acceptors (Lipinski definition) is 3. The summed E-state index contributed by atoms with van der Waals surface area (Å²) in [5, 5.41) is 5.14. The van der Waals surface area contributed by atoms with Crippen LogP contribution in [0.2, 0.25) is 0 Å². The van der Waals surface area contributed by atoms with Crippen LogP contribution in [0.15, 0.2) is 27.6 Å². The van der Waals surface area contributed by atoms with Crippen molar-refractivity contribution < 1.29 is 13.2 Å². The molecule has 1 aliphatic heterocycles. The molecule has 1 unspecified atom stereocenters. The summed E-state index contributed by atoms with van der Waals surface area (Å²) in [5.41, 5.74) is 0.353. The quantitative estimate of drug-likeness (QED) is 0.875. The number of primary sulfonamides is 1. The average Bonchev–Trinajstić information content (AvgIpc) is 2.37. The van der Waals surface area contributed by atoms with E-state index in [2.05, 4.69) is 22.9 Å². The highest BCUT2D eigenvalue weighted by molar-refractivity contribution is 9.10. The van der Waals surface area contributed by atoms with Crippen molar-refractivity contribution in [3.05, 3.63) is 28.2 Å². The molecule has 1 aromatic carbocycles. The van der Waals surface area contributed by atoms with E-state index in [0.717, 1.165) is 12.8 Å². The number of sulfonamides is 1. The van der Waals surface area contributed by atoms with Crippen LogP contribution in [0.4, 0.5) is 0 Å². The molecule has 0 aromatic heterocycles. The van der Waals surface area contributed by atoms with Crippen molar-refractivity contribution >= 4 is 31.9 Å². The van der Waals surface area contributed by atoms with Crippen molar-refractivity contribution in [3.63, 3.8) is 0 Å². The van der Waals surface area contributed by atoms with Gasteiger partial charge < -0.3 is 4.90 Å². The highest BCUT2D eigenvalue weighted by atomic mass is 79.9. The number of carbonyl (C=O) groups excluding carboxylic acids is 1. The van der Waals surface area contributed by atoms with Crippen LogP contribution in [-0.4, -0.2) is 32.3 Å². The first-order chi connectivity index (χ1) is 9.29. The molecule has 5 nitrogen and oxygen atoms in total. The summed E-state index contributed by atoms with van der Waals surface area (Å²) in [6.07, 6.45) is 2.10. The normalized spacial score (nSPS) is 19.9. The van der Waals surface area contributed by atoms with Gasteiger partial charge in [0.05, 0.1) is 4.90 Å². The van der Waals surface area contributed by atoms with Crippen LogP contribution in [-0.2, 0) is 10.0 Å². The highest BCUT2D eigenvalue weighted by Gasteiger charge is 2.23. The molecule has 1 heterocycles. The molecule has 2 rings (SSSR count). The Bertz CT molecular complexity index is 631. The van der Waals surface area contributed by atoms with Crippen molar-refractivity contribution in [2.45, 2.75) is 24.7 Å². The molecular formula is C13H17BrN2O3S. The Labute approximate surface area is 127 Å². The first-order valence-corrected chi connectivity index (χ1v) is 8.74. The molecule has 7 heteroatoms. The molecule has 1 aromatic rings. The molecule has 1 fully saturated rings. The maximum Gasteiger partial charge on any atom is 0.253 e. The third-order valence-corrected chi connectivity index (χ3v) is 5.33. The third-order valence-electron chi connectivity index (χ3n) is 3.43. The largest absolute Gasteiger partial charge is 0.338 e. The number of likely N-dealkylation sites (tertiary alicyclic amines) is 1. The minimum absolute atomic E-state index is 0.0617. The zero-order valence-corrected chi connectivity index (χ0v) is 13.6. The number of carbonyl (C=O) groups is 1. The highest BCUT2D eigenvalue weighted by Crippen LogP contribution is 2.24. The van der Waals surface area contributed by atoms with Crippen LogP contribution in [0.1, 0.15) is 30.1 Å². The van der Waals surface area contributed by atoms with Crippen LogP contribution < -0.4 is 5.14 Å². The molecule has 0 bridgehead atoms. The minimum atomic E-state index is -3.85. The van der Waals surface area contributed by atoms with E-state index < -0.39 is 10.0 Å². The summed E-state index contributed by atoms with van der Waals surface area (Å²) in [6.45, 7) is 3.53. The predicted octanol–water partition coefficient (Wildman–Crippen LogP) is 1.97. The van der Waals surface area contributed by atoms with Gasteiger partial charge in [0, 0.05) is 23.1 Å². The third kappa shape index (κ3) is 3.39. The van der Waals surface area contributed by atoms with Gasteiger partial charge in [0.15, 0.2) is 0 Å². The molecule has 110 valence electrons. The molecule has 2 N–H and O–H groups in total. The number of rotatable bonds is 2. The monoisotopic (exact) mass is 360 g/mol. The fourth-order valence-electron chi connectivity index (χ4n) is 2.41. The van der Waals surface area contributed by atoms with Crippen molar-refractivity contribution in [2.24, 2.45) is 11.1 Å². The van der Waals surface area contributed by atoms with Crippen molar-refractivity contribution in [1.82, 2.24) is 4.90 Å². The molecule has 0 saturated carbocycles. The standard InChI is InChI=1S/C13H17BrN2O3S/c1-9-3-2-6-16(8-9)13(17)10-4-5-11(14)12(7-10)20(15,18)19/h4-5,7,9H,2-3,6,8H2,1H3,(H2,15,18,19). The Morgan fingerprint density at radius 3 is 2.75 bits per heavy atom. The van der Waals surface area contributed by atoms with E-state index >= 15 is 0 Å². The lowest BCUT2D eigenvalue weighted by Gasteiger charge is -2.31. The van der Waals surface area contributed by atoms with E-state index in [9.17, 15) is 13.2 Å². The smallest absolute Gasteiger partial charge is 0.253 e. The number of nitrogens with zero attached hydrogens (tertiary/aromatic N) is 1. The van der Waals surface area contributed by atoms with Crippen molar-refractivity contribution in [1.29, 1.82) is 0 Å². The summed E-state index contributed by atoms with van der Waals surface area (Å²) < 4.78 is 23.3. The summed E-state index contributed by atoms with van der Waals surface area (Å²) in [7, 11) is -3.85. The zero-order chi connectivity index (χ0) is 14.9. The lowest BCUT2D eigenvalue weighted by atomic mass is 9.99. The van der Waals surface area contributed by atoms with Gasteiger partial charge in [-0.1, -0.05) is 6.92 Å². The van der Waals surface area contributed by atoms with Gasteiger partial charge in [-0.2, -0.15) is 0 Å². The second-order valence-corrected chi connectivity index (χ2v) is 7.57. The summed E-state index contributed by atoms with van der Waals surface area (Å²) in [5.74, 6) is 0.329. The van der Waals surface area contributed by atoms with Crippen LogP contribution in [0.25, 0.3) is 0 Å². The van der Waals surface area contributed by atoms with E-state index in [0.29, 0.717) is 29.0 Å². The van der Waals surface area contributed by atoms with E-state index in [4.69, 9.17) is 5.14 Å². The van der Waals surface area contributed by atoms with Gasteiger partial charge in [-0.3, -0.25) is 4.79 Å². The van der Waals surface area contributed by atoms with Crippen molar-refractivity contribution in [3.8, 4) is 0 Å². The summed E-state index contributed by atoms with van der Waals surface area (Å²) in [4.78, 5) is 14.1. The van der Waals surface area contributed by atoms with Gasteiger partial charge in [0.2, 0.25) is 10.0 Å². The number of piperidine rings is 1. The average molecular weight is 361 g/mol. The van der Waals surface area contributed by atoms with Crippen LogP contribution in [0.3, 0.4) is 0 Å². The fraction of sp³-hybridized carbons (Fsp3) is 0.462. The first kappa shape index (κ1) is 15.5. The lowest BCUT2D eigenvalue weighted by molar-refractivity contribution is 0.0683. The van der Waals surface area contributed by atoms with Gasteiger partial charge in [-0.15, -0.1) is 0 Å². The van der Waals surface area contributed by atoms with E-state index in [-0.39, 0.29) is 10.8 Å². The molecule has 0 spiro atoms. The van der Waals surface area contributed by atoms with Crippen LogP contribution >= 0.6 is 15.9 Å². The number of benzene rings is 1. The van der Waals surface area contributed by atoms with Crippen LogP contribution in [0, 0.1) is 5.92 Å². The first-order valence-electron chi connectivity index (χ1n) is 6.40. The molecule has 0 radical (unpaired) electrons. The maximum absolute atomic E-state index is 12.4. The summed E-state index contributed by atoms with van der Waals surface area (Å²) in [6, 6.07) is 4.49. The second-order valence-electron chi connectivity index (χ2n) is 5.19. The Morgan fingerprint density at radius 2 is 2.15 bits per heavy atom. The molecule has 0 aliphatic carbocycles. The van der Waals surface area contributed by atoms with Crippen LogP contribution in [0.5, 0.6) is 0 Å². The lowest BCUT2D eigenvalue weighted by Crippen LogP contribution is -2.39. The Morgan fingerprint density at radius 1 is 1.45 bits per heavy atom. The molecule has 1 saturated heterocycles. The van der Waals surface area contributed by atoms with Crippen molar-refractivity contribution in [2.75, 3.05) is 13.1 Å². The Balaban J connectivity index is 2.31. The molecule has 1 amide bonds. The van der Waals surface area contributed by atoms with Gasteiger partial charge in [0.25, 0.3) is 5.91 Å². The molecule has 20 heavy (non-hydrogen) atoms. The number of amides is 1. The number of hydrogen-bond donors (Lipinski definition) is 1. The fourth-order valence-corrected chi connectivity index (χ4v) is 3.97. The predicted molar refractivity (Wildman–Crippen MR) is 79.8 cm³/mol. The van der Waals surface area contributed by atoms with E-state index in [1.807, 2.05) is 0 Å². The molecular weight excluding hydrogens is 344 g/mol. The molecule has 1 aliphatic rings. The molecule has 1 atom stereocenters. The van der Waals surface area contributed by atoms with Gasteiger partial charge >= 0.3 is 0 Å². The van der Waals surface area contributed by atoms with E-state index in [1.54, 1.807) is 17.0 Å². The number of halogens is 1. The number of nitrogens with two attached hydrogens (primary N) is 1. The topological polar surface area (TPSA) is 80.5 Å². The SMILES string of the molecule is CC1CCCN(C(=O)c2ccc(Br)c(S(N)(=O)=O)c2)C1. The Kier molecular flexibility index (Phi) is 4.51. The maximum atomic E-state index is 12.4. The zero-order valence-electron chi connectivity index (χ0n) is 11.2. The van der Waals surface area contributed by atoms with Gasteiger partial charge in [-0.25, -0.2) is 13.6 Å². The minimum Gasteiger partial charge on any atom is -0.338 e. The summed E-state index contributed by atoms with van der Waals surface area (Å²) >= 11 is 3.14. The van der Waals surface area contributed by atoms with E-state index in [1.165, 1.54) is 6.07 Å². The Hall–Kier alpha value is -0.920. The van der Waals surface area contributed by atoms with Gasteiger partial charge in [-0.05, 0) is 52.9 Å². The van der Waals surface area contributed by atoms with Gasteiger partial charge in [0.1, 0.15) is 0 Å². The second kappa shape index (κ2) is 5.83.